The third-order valence-corrected chi connectivity index (χ3v) is 3.02. The Bertz CT molecular complexity index is 434. The summed E-state index contributed by atoms with van der Waals surface area (Å²) in [6.45, 7) is 4.37. The van der Waals surface area contributed by atoms with Crippen LogP contribution in [0.25, 0.3) is 0 Å². The number of hydrogen-bond acceptors (Lipinski definition) is 2. The molecule has 0 bridgehead atoms. The number of halogens is 1. The minimum absolute atomic E-state index is 0.184. The molecule has 1 aromatic rings. The first kappa shape index (κ1) is 11.2. The van der Waals surface area contributed by atoms with Crippen molar-refractivity contribution in [3.8, 4) is 0 Å². The molecule has 2 heterocycles. The van der Waals surface area contributed by atoms with Gasteiger partial charge in [-0.2, -0.15) is 0 Å². The van der Waals surface area contributed by atoms with Gasteiger partial charge >= 0.3 is 6.09 Å². The molecule has 0 radical (unpaired) electrons. The van der Waals surface area contributed by atoms with Crippen molar-refractivity contribution < 1.29 is 9.90 Å². The Morgan fingerprint density at radius 3 is 2.88 bits per heavy atom. The number of hydrogen-bond donors (Lipinski definition) is 1. The summed E-state index contributed by atoms with van der Waals surface area (Å²) in [6, 6.07) is 3.36. The standard InChI is InChI=1S/C11H13ClN2O2/c1-6(2)10-9-7(3-4-8(12)13-9)5-14(10)11(15)16/h3-4,6,10H,5H2,1-2H3,(H,15,16). The third kappa shape index (κ3) is 1.73. The minimum Gasteiger partial charge on any atom is -0.465 e. The largest absolute Gasteiger partial charge is 0.465 e. The van der Waals surface area contributed by atoms with E-state index in [1.165, 1.54) is 4.90 Å². The average Bonchev–Trinajstić information content (AvgIpc) is 2.55. The van der Waals surface area contributed by atoms with Crippen LogP contribution in [0.15, 0.2) is 12.1 Å². The number of carboxylic acid groups (broad SMARTS) is 1. The van der Waals surface area contributed by atoms with Crippen LogP contribution < -0.4 is 0 Å². The Hall–Kier alpha value is -1.29. The summed E-state index contributed by atoms with van der Waals surface area (Å²) in [6.07, 6.45) is -0.909. The molecule has 2 rings (SSSR count). The van der Waals surface area contributed by atoms with E-state index in [-0.39, 0.29) is 12.0 Å². The van der Waals surface area contributed by atoms with Crippen molar-refractivity contribution in [3.05, 3.63) is 28.5 Å². The maximum Gasteiger partial charge on any atom is 0.408 e. The second-order valence-electron chi connectivity index (χ2n) is 4.28. The van der Waals surface area contributed by atoms with Gasteiger partial charge in [-0.1, -0.05) is 31.5 Å². The number of carbonyl (C=O) groups is 1. The van der Waals surface area contributed by atoms with Gasteiger partial charge in [-0.15, -0.1) is 0 Å². The molecule has 0 saturated carbocycles. The van der Waals surface area contributed by atoms with E-state index in [2.05, 4.69) is 4.98 Å². The lowest BCUT2D eigenvalue weighted by Gasteiger charge is -2.24. The Labute approximate surface area is 98.9 Å². The first-order valence-electron chi connectivity index (χ1n) is 5.15. The molecule has 86 valence electrons. The van der Waals surface area contributed by atoms with Gasteiger partial charge in [-0.05, 0) is 17.5 Å². The Balaban J connectivity index is 2.46. The second-order valence-corrected chi connectivity index (χ2v) is 4.66. The highest BCUT2D eigenvalue weighted by atomic mass is 35.5. The molecule has 1 unspecified atom stereocenters. The number of aromatic nitrogens is 1. The molecule has 0 saturated heterocycles. The predicted molar refractivity (Wildman–Crippen MR) is 60.4 cm³/mol. The summed E-state index contributed by atoms with van der Waals surface area (Å²) in [5, 5.41) is 9.55. The zero-order valence-corrected chi connectivity index (χ0v) is 9.90. The molecule has 1 amide bonds. The fourth-order valence-corrected chi connectivity index (χ4v) is 2.31. The minimum atomic E-state index is -0.909. The van der Waals surface area contributed by atoms with Gasteiger partial charge in [0.15, 0.2) is 0 Å². The Morgan fingerprint density at radius 1 is 1.62 bits per heavy atom. The molecule has 4 nitrogen and oxygen atoms in total. The fraction of sp³-hybridized carbons (Fsp3) is 0.455. The first-order valence-corrected chi connectivity index (χ1v) is 5.53. The van der Waals surface area contributed by atoms with E-state index in [0.717, 1.165) is 11.3 Å². The van der Waals surface area contributed by atoms with Crippen LogP contribution in [0.5, 0.6) is 0 Å². The smallest absolute Gasteiger partial charge is 0.408 e. The highest BCUT2D eigenvalue weighted by Crippen LogP contribution is 2.37. The van der Waals surface area contributed by atoms with Crippen LogP contribution in [-0.4, -0.2) is 21.1 Å². The van der Waals surface area contributed by atoms with E-state index in [4.69, 9.17) is 16.7 Å². The molecule has 1 N–H and O–H groups in total. The van der Waals surface area contributed by atoms with E-state index in [9.17, 15) is 4.79 Å². The van der Waals surface area contributed by atoms with Gasteiger partial charge in [0.1, 0.15) is 5.15 Å². The highest BCUT2D eigenvalue weighted by molar-refractivity contribution is 6.29. The monoisotopic (exact) mass is 240 g/mol. The van der Waals surface area contributed by atoms with Crippen molar-refractivity contribution in [1.29, 1.82) is 0 Å². The topological polar surface area (TPSA) is 53.4 Å². The van der Waals surface area contributed by atoms with E-state index >= 15 is 0 Å². The van der Waals surface area contributed by atoms with Crippen LogP contribution in [0, 0.1) is 5.92 Å². The number of rotatable bonds is 1. The van der Waals surface area contributed by atoms with Crippen molar-refractivity contribution in [1.82, 2.24) is 9.88 Å². The second kappa shape index (κ2) is 3.94. The number of fused-ring (bicyclic) bond motifs is 1. The molecular formula is C11H13ClN2O2. The zero-order valence-electron chi connectivity index (χ0n) is 9.14. The fourth-order valence-electron chi connectivity index (χ4n) is 2.16. The average molecular weight is 241 g/mol. The first-order chi connectivity index (χ1) is 7.50. The van der Waals surface area contributed by atoms with E-state index < -0.39 is 6.09 Å². The molecule has 16 heavy (non-hydrogen) atoms. The molecule has 1 aromatic heterocycles. The zero-order chi connectivity index (χ0) is 11.9. The summed E-state index contributed by atoms with van der Waals surface area (Å²) >= 11 is 5.84. The normalized spacial score (nSPS) is 19.0. The SMILES string of the molecule is CC(C)C1c2nc(Cl)ccc2CN1C(=O)O. The summed E-state index contributed by atoms with van der Waals surface area (Å²) in [5.41, 5.74) is 1.75. The number of amides is 1. The van der Waals surface area contributed by atoms with Crippen LogP contribution >= 0.6 is 11.6 Å². The van der Waals surface area contributed by atoms with Crippen molar-refractivity contribution >= 4 is 17.7 Å². The quantitative estimate of drug-likeness (QED) is 0.768. The molecule has 0 aliphatic carbocycles. The lowest BCUT2D eigenvalue weighted by atomic mass is 10.0. The van der Waals surface area contributed by atoms with Crippen molar-refractivity contribution in [2.75, 3.05) is 0 Å². The molecule has 0 fully saturated rings. The van der Waals surface area contributed by atoms with Crippen LogP contribution in [0.4, 0.5) is 4.79 Å². The lowest BCUT2D eigenvalue weighted by molar-refractivity contribution is 0.115. The number of nitrogens with zero attached hydrogens (tertiary/aromatic N) is 2. The molecule has 0 aromatic carbocycles. The Kier molecular flexibility index (Phi) is 2.76. The molecule has 1 atom stereocenters. The lowest BCUT2D eigenvalue weighted by Crippen LogP contribution is -2.30. The summed E-state index contributed by atoms with van der Waals surface area (Å²) in [5.74, 6) is 0.184. The summed E-state index contributed by atoms with van der Waals surface area (Å²) in [4.78, 5) is 16.8. The van der Waals surface area contributed by atoms with Crippen molar-refractivity contribution in [2.24, 2.45) is 5.92 Å². The van der Waals surface area contributed by atoms with Crippen LogP contribution in [-0.2, 0) is 6.54 Å². The molecule has 1 aliphatic rings. The number of pyridine rings is 1. The van der Waals surface area contributed by atoms with Gasteiger partial charge in [-0.3, -0.25) is 4.90 Å². The van der Waals surface area contributed by atoms with Crippen molar-refractivity contribution in [3.63, 3.8) is 0 Å². The van der Waals surface area contributed by atoms with Crippen LogP contribution in [0.3, 0.4) is 0 Å². The molecule has 1 aliphatic heterocycles. The highest BCUT2D eigenvalue weighted by Gasteiger charge is 2.36. The van der Waals surface area contributed by atoms with Crippen LogP contribution in [0.2, 0.25) is 5.15 Å². The van der Waals surface area contributed by atoms with E-state index in [1.807, 2.05) is 19.9 Å². The Morgan fingerprint density at radius 2 is 2.31 bits per heavy atom. The van der Waals surface area contributed by atoms with Gasteiger partial charge < -0.3 is 5.11 Å². The summed E-state index contributed by atoms with van der Waals surface area (Å²) in [7, 11) is 0. The maximum atomic E-state index is 11.1. The van der Waals surface area contributed by atoms with Crippen LogP contribution in [0.1, 0.15) is 31.1 Å². The van der Waals surface area contributed by atoms with Crippen molar-refractivity contribution in [2.45, 2.75) is 26.4 Å². The molecule has 0 spiro atoms. The molecular weight excluding hydrogens is 228 g/mol. The van der Waals surface area contributed by atoms with E-state index in [0.29, 0.717) is 11.7 Å². The van der Waals surface area contributed by atoms with Gasteiger partial charge in [0.05, 0.1) is 18.3 Å². The maximum absolute atomic E-state index is 11.1. The summed E-state index contributed by atoms with van der Waals surface area (Å²) < 4.78 is 0. The van der Waals surface area contributed by atoms with Gasteiger partial charge in [0.2, 0.25) is 0 Å². The van der Waals surface area contributed by atoms with Gasteiger partial charge in [0, 0.05) is 0 Å². The predicted octanol–water partition coefficient (Wildman–Crippen LogP) is 2.93. The van der Waals surface area contributed by atoms with Gasteiger partial charge in [0.25, 0.3) is 0 Å². The third-order valence-electron chi connectivity index (χ3n) is 2.81. The van der Waals surface area contributed by atoms with E-state index in [1.54, 1.807) is 6.07 Å². The molecule has 5 heteroatoms. The van der Waals surface area contributed by atoms with Gasteiger partial charge in [-0.25, -0.2) is 9.78 Å².